The average Bonchev–Trinajstić information content (AvgIpc) is 2.91. The van der Waals surface area contributed by atoms with Gasteiger partial charge in [0.15, 0.2) is 0 Å². The fraction of sp³-hybridized carbons (Fsp3) is 0.500. The van der Waals surface area contributed by atoms with Crippen molar-refractivity contribution >= 4 is 23.5 Å². The first-order chi connectivity index (χ1) is 10.5. The molecule has 0 bridgehead atoms. The van der Waals surface area contributed by atoms with Gasteiger partial charge in [0.1, 0.15) is 6.04 Å². The van der Waals surface area contributed by atoms with Gasteiger partial charge in [0.05, 0.1) is 7.11 Å². The zero-order valence-corrected chi connectivity index (χ0v) is 13.6. The Bertz CT molecular complexity index is 533. The van der Waals surface area contributed by atoms with Gasteiger partial charge in [-0.05, 0) is 24.1 Å². The number of carbonyl (C=O) groups excluding carboxylic acids is 2. The van der Waals surface area contributed by atoms with E-state index in [0.29, 0.717) is 31.0 Å². The summed E-state index contributed by atoms with van der Waals surface area (Å²) in [4.78, 5) is 25.6. The van der Waals surface area contributed by atoms with Gasteiger partial charge in [-0.25, -0.2) is 0 Å². The van der Waals surface area contributed by atoms with E-state index in [9.17, 15) is 9.59 Å². The number of methoxy groups -OCH3 is 1. The van der Waals surface area contributed by atoms with Gasteiger partial charge in [0.2, 0.25) is 5.91 Å². The number of carbonyl (C=O) groups is 2. The molecule has 0 spiro atoms. The highest BCUT2D eigenvalue weighted by atomic mass is 35.5. The molecule has 5 nitrogen and oxygen atoms in total. The van der Waals surface area contributed by atoms with Crippen molar-refractivity contribution in [2.24, 2.45) is 0 Å². The van der Waals surface area contributed by atoms with E-state index >= 15 is 0 Å². The number of hydrogen-bond acceptors (Lipinski definition) is 4. The van der Waals surface area contributed by atoms with E-state index in [1.165, 1.54) is 7.11 Å². The highest BCUT2D eigenvalue weighted by molar-refractivity contribution is 6.30. The molecule has 0 unspecified atom stereocenters. The van der Waals surface area contributed by atoms with E-state index in [4.69, 9.17) is 16.3 Å². The maximum atomic E-state index is 12.0. The molecule has 22 heavy (non-hydrogen) atoms. The van der Waals surface area contributed by atoms with Crippen LogP contribution in [-0.2, 0) is 20.9 Å². The van der Waals surface area contributed by atoms with Crippen LogP contribution in [0.25, 0.3) is 0 Å². The van der Waals surface area contributed by atoms with E-state index in [0.717, 1.165) is 5.56 Å². The Hall–Kier alpha value is -1.59. The summed E-state index contributed by atoms with van der Waals surface area (Å²) in [5.41, 5.74) is 1.07. The molecule has 2 rings (SSSR count). The predicted molar refractivity (Wildman–Crippen MR) is 84.5 cm³/mol. The SMILES string of the molecule is CCC(=O)N[C@H]1C[C@@H](C(=O)OC)N(Cc2ccc(Cl)cc2)C1. The number of nitrogens with zero attached hydrogens (tertiary/aromatic N) is 1. The van der Waals surface area contributed by atoms with E-state index < -0.39 is 0 Å². The van der Waals surface area contributed by atoms with Gasteiger partial charge in [-0.2, -0.15) is 0 Å². The van der Waals surface area contributed by atoms with E-state index in [2.05, 4.69) is 5.32 Å². The van der Waals surface area contributed by atoms with Gasteiger partial charge in [0, 0.05) is 30.6 Å². The summed E-state index contributed by atoms with van der Waals surface area (Å²) in [5.74, 6) is -0.260. The highest BCUT2D eigenvalue weighted by Crippen LogP contribution is 2.22. The van der Waals surface area contributed by atoms with Crippen LogP contribution in [0.5, 0.6) is 0 Å². The molecule has 0 radical (unpaired) electrons. The molecule has 0 saturated carbocycles. The third-order valence-corrected chi connectivity index (χ3v) is 4.11. The van der Waals surface area contributed by atoms with Gasteiger partial charge < -0.3 is 10.1 Å². The largest absolute Gasteiger partial charge is 0.468 e. The van der Waals surface area contributed by atoms with Crippen LogP contribution in [0, 0.1) is 0 Å². The van der Waals surface area contributed by atoms with Crippen LogP contribution in [0.15, 0.2) is 24.3 Å². The summed E-state index contributed by atoms with van der Waals surface area (Å²) in [6.07, 6.45) is 1.02. The molecule has 1 saturated heterocycles. The third-order valence-electron chi connectivity index (χ3n) is 3.86. The van der Waals surface area contributed by atoms with E-state index in [-0.39, 0.29) is 24.0 Å². The fourth-order valence-corrected chi connectivity index (χ4v) is 2.84. The molecule has 0 aromatic heterocycles. The number of halogens is 1. The number of benzene rings is 1. The molecular weight excluding hydrogens is 304 g/mol. The van der Waals surface area contributed by atoms with Gasteiger partial charge in [-0.3, -0.25) is 14.5 Å². The average molecular weight is 325 g/mol. The lowest BCUT2D eigenvalue weighted by molar-refractivity contribution is -0.146. The number of nitrogens with one attached hydrogen (secondary N) is 1. The highest BCUT2D eigenvalue weighted by Gasteiger charge is 2.37. The first-order valence-corrected chi connectivity index (χ1v) is 7.77. The van der Waals surface area contributed by atoms with E-state index in [1.807, 2.05) is 36.1 Å². The van der Waals surface area contributed by atoms with Crippen LogP contribution in [-0.4, -0.2) is 42.5 Å². The van der Waals surface area contributed by atoms with Crippen molar-refractivity contribution in [1.29, 1.82) is 0 Å². The fourth-order valence-electron chi connectivity index (χ4n) is 2.72. The van der Waals surface area contributed by atoms with Gasteiger partial charge in [-0.1, -0.05) is 30.7 Å². The summed E-state index contributed by atoms with van der Waals surface area (Å²) >= 11 is 5.89. The molecule has 1 amide bonds. The lowest BCUT2D eigenvalue weighted by atomic mass is 10.1. The summed E-state index contributed by atoms with van der Waals surface area (Å²) in [6, 6.07) is 7.18. The minimum atomic E-state index is -0.331. The Morgan fingerprint density at radius 1 is 1.36 bits per heavy atom. The maximum absolute atomic E-state index is 12.0. The number of amides is 1. The molecule has 2 atom stereocenters. The summed E-state index contributed by atoms with van der Waals surface area (Å²) in [7, 11) is 1.39. The number of hydrogen-bond donors (Lipinski definition) is 1. The molecule has 1 fully saturated rings. The smallest absolute Gasteiger partial charge is 0.323 e. The quantitative estimate of drug-likeness (QED) is 0.841. The summed E-state index contributed by atoms with van der Waals surface area (Å²) in [5, 5.41) is 3.64. The van der Waals surface area contributed by atoms with Crippen molar-refractivity contribution in [1.82, 2.24) is 10.2 Å². The van der Waals surface area contributed by atoms with Crippen LogP contribution >= 0.6 is 11.6 Å². The first-order valence-electron chi connectivity index (χ1n) is 7.39. The lowest BCUT2D eigenvalue weighted by Crippen LogP contribution is -2.37. The maximum Gasteiger partial charge on any atom is 0.323 e. The molecule has 1 aromatic carbocycles. The van der Waals surface area contributed by atoms with Gasteiger partial charge in [-0.15, -0.1) is 0 Å². The molecular formula is C16H21ClN2O3. The van der Waals surface area contributed by atoms with Crippen molar-refractivity contribution in [2.75, 3.05) is 13.7 Å². The Morgan fingerprint density at radius 2 is 2.05 bits per heavy atom. The Kier molecular flexibility index (Phi) is 5.80. The van der Waals surface area contributed by atoms with Crippen molar-refractivity contribution in [2.45, 2.75) is 38.4 Å². The second-order valence-electron chi connectivity index (χ2n) is 5.45. The zero-order chi connectivity index (χ0) is 16.1. The minimum Gasteiger partial charge on any atom is -0.468 e. The van der Waals surface area contributed by atoms with Crippen LogP contribution in [0.1, 0.15) is 25.3 Å². The van der Waals surface area contributed by atoms with Crippen LogP contribution < -0.4 is 5.32 Å². The number of ether oxygens (including phenoxy) is 1. The second kappa shape index (κ2) is 7.61. The molecule has 6 heteroatoms. The standard InChI is InChI=1S/C16H21ClN2O3/c1-3-15(20)18-13-8-14(16(21)22-2)19(10-13)9-11-4-6-12(17)7-5-11/h4-7,13-14H,3,8-10H2,1-2H3,(H,18,20)/t13-,14-/m0/s1. The van der Waals surface area contributed by atoms with E-state index in [1.54, 1.807) is 0 Å². The Morgan fingerprint density at radius 3 is 2.64 bits per heavy atom. The molecule has 1 N–H and O–H groups in total. The van der Waals surface area contributed by atoms with Gasteiger partial charge in [0.25, 0.3) is 0 Å². The number of esters is 1. The van der Waals surface area contributed by atoms with Gasteiger partial charge >= 0.3 is 5.97 Å². The Labute approximate surface area is 135 Å². The molecule has 1 aliphatic rings. The topological polar surface area (TPSA) is 58.6 Å². The van der Waals surface area contributed by atoms with Crippen LogP contribution in [0.3, 0.4) is 0 Å². The van der Waals surface area contributed by atoms with Crippen molar-refractivity contribution in [3.8, 4) is 0 Å². The number of rotatable bonds is 5. The van der Waals surface area contributed by atoms with Crippen LogP contribution in [0.2, 0.25) is 5.02 Å². The molecule has 1 heterocycles. The molecule has 0 aliphatic carbocycles. The normalized spacial score (nSPS) is 21.6. The Balaban J connectivity index is 2.06. The number of likely N-dealkylation sites (tertiary alicyclic amines) is 1. The summed E-state index contributed by atoms with van der Waals surface area (Å²) < 4.78 is 4.89. The van der Waals surface area contributed by atoms with Crippen molar-refractivity contribution < 1.29 is 14.3 Å². The minimum absolute atomic E-state index is 0.00181. The second-order valence-corrected chi connectivity index (χ2v) is 5.88. The first kappa shape index (κ1) is 16.8. The monoisotopic (exact) mass is 324 g/mol. The van der Waals surface area contributed by atoms with Crippen molar-refractivity contribution in [3.63, 3.8) is 0 Å². The predicted octanol–water partition coefficient (Wildman–Crippen LogP) is 1.98. The molecule has 1 aliphatic heterocycles. The summed E-state index contributed by atoms with van der Waals surface area (Å²) in [6.45, 7) is 3.07. The molecule has 120 valence electrons. The van der Waals surface area contributed by atoms with Crippen molar-refractivity contribution in [3.05, 3.63) is 34.9 Å². The van der Waals surface area contributed by atoms with Crippen LogP contribution in [0.4, 0.5) is 0 Å². The zero-order valence-electron chi connectivity index (χ0n) is 12.8. The molecule has 1 aromatic rings. The lowest BCUT2D eigenvalue weighted by Gasteiger charge is -2.22. The third kappa shape index (κ3) is 4.21.